The van der Waals surface area contributed by atoms with Crippen LogP contribution in [0.2, 0.25) is 0 Å². The van der Waals surface area contributed by atoms with E-state index in [0.717, 1.165) is 49.8 Å². The Morgan fingerprint density at radius 3 is 2.52 bits per heavy atom. The van der Waals surface area contributed by atoms with Crippen LogP contribution in [0.5, 0.6) is 0 Å². The van der Waals surface area contributed by atoms with E-state index in [9.17, 15) is 0 Å². The van der Waals surface area contributed by atoms with Gasteiger partial charge >= 0.3 is 0 Å². The van der Waals surface area contributed by atoms with Crippen LogP contribution in [0, 0.1) is 0 Å². The molecule has 0 atom stereocenters. The summed E-state index contributed by atoms with van der Waals surface area (Å²) in [6.07, 6.45) is 0. The summed E-state index contributed by atoms with van der Waals surface area (Å²) in [6.45, 7) is 5.05. The highest BCUT2D eigenvalue weighted by Gasteiger charge is 2.17. The number of anilines is 1. The van der Waals surface area contributed by atoms with Crippen molar-refractivity contribution >= 4 is 5.69 Å². The summed E-state index contributed by atoms with van der Waals surface area (Å²) in [5.74, 6) is 1.34. The van der Waals surface area contributed by atoms with Crippen molar-refractivity contribution in [1.29, 1.82) is 0 Å². The second-order valence-electron chi connectivity index (χ2n) is 5.42. The van der Waals surface area contributed by atoms with Gasteiger partial charge in [0.15, 0.2) is 5.82 Å². The predicted octanol–water partition coefficient (Wildman–Crippen LogP) is 1.53. The van der Waals surface area contributed by atoms with E-state index >= 15 is 0 Å². The fraction of sp³-hybridized carbons (Fsp3) is 0.467. The van der Waals surface area contributed by atoms with E-state index in [1.54, 1.807) is 0 Å². The van der Waals surface area contributed by atoms with Crippen molar-refractivity contribution in [3.05, 3.63) is 30.1 Å². The average Bonchev–Trinajstić information content (AvgIpc) is 2.98. The Balaban J connectivity index is 1.65. The highest BCUT2D eigenvalue weighted by molar-refractivity contribution is 5.58. The van der Waals surface area contributed by atoms with Crippen LogP contribution in [0.4, 0.5) is 5.69 Å². The lowest BCUT2D eigenvalue weighted by Crippen LogP contribution is -2.44. The topological polar surface area (TPSA) is 57.4 Å². The summed E-state index contributed by atoms with van der Waals surface area (Å²) in [4.78, 5) is 9.19. The van der Waals surface area contributed by atoms with E-state index in [4.69, 9.17) is 4.52 Å². The lowest BCUT2D eigenvalue weighted by Gasteiger charge is -2.31. The molecule has 0 saturated carbocycles. The number of nitrogens with zero attached hydrogens (tertiary/aromatic N) is 4. The Hall–Kier alpha value is -1.92. The number of hydrogen-bond acceptors (Lipinski definition) is 6. The van der Waals surface area contributed by atoms with Crippen LogP contribution in [-0.2, 0) is 6.54 Å². The van der Waals surface area contributed by atoms with Gasteiger partial charge in [-0.15, -0.1) is 0 Å². The minimum atomic E-state index is 0.585. The fourth-order valence-corrected chi connectivity index (χ4v) is 2.42. The molecule has 6 nitrogen and oxygen atoms in total. The van der Waals surface area contributed by atoms with Crippen LogP contribution in [0.15, 0.2) is 28.8 Å². The van der Waals surface area contributed by atoms with E-state index < -0.39 is 0 Å². The normalized spacial score (nSPS) is 17.0. The van der Waals surface area contributed by atoms with Crippen molar-refractivity contribution in [2.75, 3.05) is 45.6 Å². The van der Waals surface area contributed by atoms with Gasteiger partial charge in [0, 0.05) is 44.5 Å². The monoisotopic (exact) mass is 287 g/mol. The van der Waals surface area contributed by atoms with E-state index in [0.29, 0.717) is 5.89 Å². The molecule has 1 saturated heterocycles. The zero-order valence-electron chi connectivity index (χ0n) is 12.5. The molecule has 3 rings (SSSR count). The molecule has 1 N–H and O–H groups in total. The Bertz CT molecular complexity index is 572. The molecule has 0 bridgehead atoms. The van der Waals surface area contributed by atoms with Crippen molar-refractivity contribution < 1.29 is 4.52 Å². The largest absolute Gasteiger partial charge is 0.388 e. The average molecular weight is 287 g/mol. The summed E-state index contributed by atoms with van der Waals surface area (Å²) in [5, 5.41) is 7.18. The molecule has 0 aliphatic carbocycles. The fourth-order valence-electron chi connectivity index (χ4n) is 2.42. The number of piperazine rings is 1. The smallest absolute Gasteiger partial charge is 0.257 e. The second-order valence-corrected chi connectivity index (χ2v) is 5.42. The van der Waals surface area contributed by atoms with Gasteiger partial charge in [-0.1, -0.05) is 5.16 Å². The molecule has 0 radical (unpaired) electrons. The zero-order valence-corrected chi connectivity index (χ0v) is 12.5. The predicted molar refractivity (Wildman–Crippen MR) is 82.1 cm³/mol. The molecule has 0 spiro atoms. The van der Waals surface area contributed by atoms with Crippen LogP contribution in [0.25, 0.3) is 11.5 Å². The van der Waals surface area contributed by atoms with Gasteiger partial charge in [0.05, 0.1) is 6.54 Å². The first kappa shape index (κ1) is 14.0. The maximum Gasteiger partial charge on any atom is 0.257 e. The van der Waals surface area contributed by atoms with Crippen molar-refractivity contribution in [1.82, 2.24) is 19.9 Å². The molecule has 1 aliphatic rings. The SMILES string of the molecule is CNc1ccc(-c2nc(CN3CCN(C)CC3)no2)cc1. The Morgan fingerprint density at radius 1 is 1.14 bits per heavy atom. The van der Waals surface area contributed by atoms with Gasteiger partial charge in [-0.3, -0.25) is 4.90 Å². The Morgan fingerprint density at radius 2 is 1.86 bits per heavy atom. The molecule has 2 aromatic rings. The lowest BCUT2D eigenvalue weighted by atomic mass is 10.2. The van der Waals surface area contributed by atoms with Gasteiger partial charge in [-0.2, -0.15) is 4.98 Å². The van der Waals surface area contributed by atoms with Gasteiger partial charge in [-0.05, 0) is 31.3 Å². The molecular weight excluding hydrogens is 266 g/mol. The van der Waals surface area contributed by atoms with E-state index in [2.05, 4.69) is 32.3 Å². The van der Waals surface area contributed by atoms with Gasteiger partial charge in [0.2, 0.25) is 0 Å². The summed E-state index contributed by atoms with van der Waals surface area (Å²) in [5.41, 5.74) is 2.02. The molecule has 0 amide bonds. The van der Waals surface area contributed by atoms with Crippen molar-refractivity contribution in [3.63, 3.8) is 0 Å². The third-order valence-electron chi connectivity index (χ3n) is 3.85. The number of rotatable bonds is 4. The molecule has 1 aromatic carbocycles. The van der Waals surface area contributed by atoms with Gasteiger partial charge in [0.1, 0.15) is 0 Å². The van der Waals surface area contributed by atoms with E-state index in [-0.39, 0.29) is 0 Å². The maximum atomic E-state index is 5.37. The third kappa shape index (κ3) is 3.40. The number of nitrogens with one attached hydrogen (secondary N) is 1. The molecule has 112 valence electrons. The molecule has 21 heavy (non-hydrogen) atoms. The van der Waals surface area contributed by atoms with E-state index in [1.807, 2.05) is 31.3 Å². The highest BCUT2D eigenvalue weighted by Crippen LogP contribution is 2.20. The minimum Gasteiger partial charge on any atom is -0.388 e. The van der Waals surface area contributed by atoms with Gasteiger partial charge < -0.3 is 14.7 Å². The molecule has 1 aliphatic heterocycles. The first-order chi connectivity index (χ1) is 10.2. The van der Waals surface area contributed by atoms with Gasteiger partial charge in [-0.25, -0.2) is 0 Å². The Kier molecular flexibility index (Phi) is 4.17. The van der Waals surface area contributed by atoms with Gasteiger partial charge in [0.25, 0.3) is 5.89 Å². The molecule has 2 heterocycles. The van der Waals surface area contributed by atoms with Crippen LogP contribution < -0.4 is 5.32 Å². The molecular formula is C15H21N5O. The first-order valence-corrected chi connectivity index (χ1v) is 7.26. The summed E-state index contributed by atoms with van der Waals surface area (Å²) >= 11 is 0. The summed E-state index contributed by atoms with van der Waals surface area (Å²) in [6, 6.07) is 7.97. The summed E-state index contributed by atoms with van der Waals surface area (Å²) in [7, 11) is 4.05. The van der Waals surface area contributed by atoms with Crippen molar-refractivity contribution in [3.8, 4) is 11.5 Å². The maximum absolute atomic E-state index is 5.37. The number of aromatic nitrogens is 2. The quantitative estimate of drug-likeness (QED) is 0.920. The lowest BCUT2D eigenvalue weighted by molar-refractivity contribution is 0.144. The van der Waals surface area contributed by atoms with Crippen LogP contribution in [0.3, 0.4) is 0 Å². The van der Waals surface area contributed by atoms with Crippen LogP contribution >= 0.6 is 0 Å². The number of benzene rings is 1. The number of hydrogen-bond donors (Lipinski definition) is 1. The first-order valence-electron chi connectivity index (χ1n) is 7.26. The Labute approximate surface area is 124 Å². The second kappa shape index (κ2) is 6.24. The van der Waals surface area contributed by atoms with Crippen molar-refractivity contribution in [2.24, 2.45) is 0 Å². The molecule has 0 unspecified atom stereocenters. The molecule has 1 fully saturated rings. The van der Waals surface area contributed by atoms with Crippen molar-refractivity contribution in [2.45, 2.75) is 6.54 Å². The number of likely N-dealkylation sites (N-methyl/N-ethyl adjacent to an activating group) is 1. The zero-order chi connectivity index (χ0) is 14.7. The molecule has 6 heteroatoms. The highest BCUT2D eigenvalue weighted by atomic mass is 16.5. The van der Waals surface area contributed by atoms with E-state index in [1.165, 1.54) is 0 Å². The van der Waals surface area contributed by atoms with Crippen LogP contribution in [-0.4, -0.2) is 60.2 Å². The summed E-state index contributed by atoms with van der Waals surface area (Å²) < 4.78 is 5.37. The standard InChI is InChI=1S/C15H21N5O/c1-16-13-5-3-12(4-6-13)15-17-14(18-21-15)11-20-9-7-19(2)8-10-20/h3-6,16H,7-11H2,1-2H3. The minimum absolute atomic E-state index is 0.585. The molecule has 1 aromatic heterocycles. The van der Waals surface area contributed by atoms with Crippen LogP contribution in [0.1, 0.15) is 5.82 Å². The third-order valence-corrected chi connectivity index (χ3v) is 3.85.